The SMILES string of the molecule is COc1ccccc1CC(CBr)CCCc1ccccc1. The van der Waals surface area contributed by atoms with E-state index in [-0.39, 0.29) is 0 Å². The van der Waals surface area contributed by atoms with Gasteiger partial charge in [-0.15, -0.1) is 0 Å². The summed E-state index contributed by atoms with van der Waals surface area (Å²) in [5.74, 6) is 1.66. The van der Waals surface area contributed by atoms with Gasteiger partial charge in [0.2, 0.25) is 0 Å². The fraction of sp³-hybridized carbons (Fsp3) is 0.368. The lowest BCUT2D eigenvalue weighted by Crippen LogP contribution is -2.08. The van der Waals surface area contributed by atoms with Crippen LogP contribution in [0, 0.1) is 5.92 Å². The molecular weight excluding hydrogens is 324 g/mol. The Bertz CT molecular complexity index is 524. The van der Waals surface area contributed by atoms with Crippen molar-refractivity contribution in [1.29, 1.82) is 0 Å². The molecule has 2 aromatic rings. The van der Waals surface area contributed by atoms with E-state index in [1.54, 1.807) is 7.11 Å². The van der Waals surface area contributed by atoms with Crippen LogP contribution in [0.3, 0.4) is 0 Å². The van der Waals surface area contributed by atoms with E-state index in [1.807, 2.05) is 12.1 Å². The van der Waals surface area contributed by atoms with Crippen molar-refractivity contribution in [2.24, 2.45) is 5.92 Å². The molecule has 0 heterocycles. The zero-order valence-electron chi connectivity index (χ0n) is 12.6. The van der Waals surface area contributed by atoms with Gasteiger partial charge < -0.3 is 4.74 Å². The lowest BCUT2D eigenvalue weighted by molar-refractivity contribution is 0.404. The summed E-state index contributed by atoms with van der Waals surface area (Å²) in [4.78, 5) is 0. The molecule has 0 bridgehead atoms. The maximum absolute atomic E-state index is 5.45. The smallest absolute Gasteiger partial charge is 0.122 e. The number of ether oxygens (including phenoxy) is 1. The molecule has 0 N–H and O–H groups in total. The van der Waals surface area contributed by atoms with Crippen molar-refractivity contribution in [2.75, 3.05) is 12.4 Å². The Labute approximate surface area is 136 Å². The van der Waals surface area contributed by atoms with Gasteiger partial charge in [0.05, 0.1) is 7.11 Å². The summed E-state index contributed by atoms with van der Waals surface area (Å²) in [7, 11) is 1.75. The highest BCUT2D eigenvalue weighted by atomic mass is 79.9. The Kier molecular flexibility index (Phi) is 6.81. The number of benzene rings is 2. The van der Waals surface area contributed by atoms with E-state index < -0.39 is 0 Å². The predicted molar refractivity (Wildman–Crippen MR) is 93.4 cm³/mol. The number of alkyl halides is 1. The van der Waals surface area contributed by atoms with Gasteiger partial charge in [-0.05, 0) is 48.8 Å². The quantitative estimate of drug-likeness (QED) is 0.591. The van der Waals surface area contributed by atoms with E-state index in [4.69, 9.17) is 4.74 Å². The van der Waals surface area contributed by atoms with E-state index >= 15 is 0 Å². The molecule has 1 atom stereocenters. The molecule has 0 radical (unpaired) electrons. The molecule has 0 amide bonds. The monoisotopic (exact) mass is 346 g/mol. The van der Waals surface area contributed by atoms with Crippen LogP contribution in [0.15, 0.2) is 54.6 Å². The van der Waals surface area contributed by atoms with Gasteiger partial charge in [0.1, 0.15) is 5.75 Å². The first kappa shape index (κ1) is 16.1. The zero-order chi connectivity index (χ0) is 14.9. The molecular formula is C19H23BrO. The topological polar surface area (TPSA) is 9.23 Å². The van der Waals surface area contributed by atoms with E-state index in [0.717, 1.165) is 23.9 Å². The number of aryl methyl sites for hydroxylation is 1. The van der Waals surface area contributed by atoms with Gasteiger partial charge in [-0.3, -0.25) is 0 Å². The summed E-state index contributed by atoms with van der Waals surface area (Å²) in [5.41, 5.74) is 2.74. The Balaban J connectivity index is 1.85. The number of methoxy groups -OCH3 is 1. The number of para-hydroxylation sites is 1. The van der Waals surface area contributed by atoms with Gasteiger partial charge >= 0.3 is 0 Å². The molecule has 0 aromatic heterocycles. The van der Waals surface area contributed by atoms with Crippen LogP contribution in [0.2, 0.25) is 0 Å². The standard InChI is InChI=1S/C19H23BrO/c1-21-19-13-6-5-12-18(19)14-17(15-20)11-7-10-16-8-3-2-4-9-16/h2-6,8-9,12-13,17H,7,10-11,14-15H2,1H3. The highest BCUT2D eigenvalue weighted by Crippen LogP contribution is 2.24. The molecule has 0 aliphatic heterocycles. The maximum atomic E-state index is 5.45. The lowest BCUT2D eigenvalue weighted by Gasteiger charge is -2.16. The second kappa shape index (κ2) is 8.89. The molecule has 1 nitrogen and oxygen atoms in total. The van der Waals surface area contributed by atoms with Crippen LogP contribution >= 0.6 is 15.9 Å². The Morgan fingerprint density at radius 2 is 1.71 bits per heavy atom. The van der Waals surface area contributed by atoms with Gasteiger partial charge in [0.15, 0.2) is 0 Å². The summed E-state index contributed by atoms with van der Waals surface area (Å²) in [6.07, 6.45) is 4.70. The third kappa shape index (κ3) is 5.20. The lowest BCUT2D eigenvalue weighted by atomic mass is 9.94. The van der Waals surface area contributed by atoms with E-state index in [0.29, 0.717) is 5.92 Å². The molecule has 0 saturated carbocycles. The van der Waals surface area contributed by atoms with Crippen molar-refractivity contribution in [3.63, 3.8) is 0 Å². The maximum Gasteiger partial charge on any atom is 0.122 e. The summed E-state index contributed by atoms with van der Waals surface area (Å²) in [6, 6.07) is 19.1. The third-order valence-corrected chi connectivity index (χ3v) is 4.76. The number of halogens is 1. The second-order valence-corrected chi connectivity index (χ2v) is 6.06. The Hall–Kier alpha value is -1.28. The first-order valence-electron chi connectivity index (χ1n) is 7.55. The second-order valence-electron chi connectivity index (χ2n) is 5.41. The molecule has 112 valence electrons. The van der Waals surface area contributed by atoms with Crippen LogP contribution in [0.4, 0.5) is 0 Å². The Morgan fingerprint density at radius 1 is 1.00 bits per heavy atom. The van der Waals surface area contributed by atoms with Crippen molar-refractivity contribution in [3.8, 4) is 5.75 Å². The number of hydrogen-bond donors (Lipinski definition) is 0. The molecule has 0 fully saturated rings. The van der Waals surface area contributed by atoms with Crippen molar-refractivity contribution in [3.05, 3.63) is 65.7 Å². The minimum atomic E-state index is 0.657. The molecule has 0 saturated heterocycles. The van der Waals surface area contributed by atoms with Crippen LogP contribution in [0.25, 0.3) is 0 Å². The van der Waals surface area contributed by atoms with Crippen LogP contribution in [-0.2, 0) is 12.8 Å². The molecule has 1 unspecified atom stereocenters. The number of hydrogen-bond acceptors (Lipinski definition) is 1. The van der Waals surface area contributed by atoms with Crippen LogP contribution < -0.4 is 4.74 Å². The van der Waals surface area contributed by atoms with Gasteiger partial charge in [0, 0.05) is 5.33 Å². The van der Waals surface area contributed by atoms with Crippen molar-refractivity contribution < 1.29 is 4.74 Å². The number of rotatable bonds is 8. The van der Waals surface area contributed by atoms with E-state index in [1.165, 1.54) is 24.0 Å². The highest BCUT2D eigenvalue weighted by Gasteiger charge is 2.11. The molecule has 0 spiro atoms. The van der Waals surface area contributed by atoms with E-state index in [9.17, 15) is 0 Å². The third-order valence-electron chi connectivity index (χ3n) is 3.84. The van der Waals surface area contributed by atoms with Crippen molar-refractivity contribution >= 4 is 15.9 Å². The molecule has 2 aromatic carbocycles. The molecule has 21 heavy (non-hydrogen) atoms. The van der Waals surface area contributed by atoms with Crippen LogP contribution in [0.1, 0.15) is 24.0 Å². The van der Waals surface area contributed by atoms with Crippen molar-refractivity contribution in [2.45, 2.75) is 25.7 Å². The van der Waals surface area contributed by atoms with Crippen LogP contribution in [-0.4, -0.2) is 12.4 Å². The highest BCUT2D eigenvalue weighted by molar-refractivity contribution is 9.09. The fourth-order valence-electron chi connectivity index (χ4n) is 2.66. The van der Waals surface area contributed by atoms with Gasteiger partial charge in [-0.25, -0.2) is 0 Å². The molecule has 2 heteroatoms. The predicted octanol–water partition coefficient (Wildman–Crippen LogP) is 5.27. The molecule has 0 aliphatic rings. The van der Waals surface area contributed by atoms with E-state index in [2.05, 4.69) is 58.4 Å². The first-order valence-corrected chi connectivity index (χ1v) is 8.67. The van der Waals surface area contributed by atoms with Gasteiger partial charge in [-0.1, -0.05) is 64.5 Å². The van der Waals surface area contributed by atoms with Crippen molar-refractivity contribution in [1.82, 2.24) is 0 Å². The fourth-order valence-corrected chi connectivity index (χ4v) is 3.21. The average molecular weight is 347 g/mol. The summed E-state index contributed by atoms with van der Waals surface area (Å²) in [6.45, 7) is 0. The summed E-state index contributed by atoms with van der Waals surface area (Å²) in [5, 5.41) is 1.04. The molecule has 2 rings (SSSR count). The van der Waals surface area contributed by atoms with Gasteiger partial charge in [0.25, 0.3) is 0 Å². The largest absolute Gasteiger partial charge is 0.496 e. The first-order chi connectivity index (χ1) is 10.3. The van der Waals surface area contributed by atoms with Crippen LogP contribution in [0.5, 0.6) is 5.75 Å². The summed E-state index contributed by atoms with van der Waals surface area (Å²) >= 11 is 3.67. The van der Waals surface area contributed by atoms with Gasteiger partial charge in [-0.2, -0.15) is 0 Å². The minimum absolute atomic E-state index is 0.657. The normalized spacial score (nSPS) is 12.1. The average Bonchev–Trinajstić information content (AvgIpc) is 2.55. The molecule has 0 aliphatic carbocycles. The zero-order valence-corrected chi connectivity index (χ0v) is 14.2. The summed E-state index contributed by atoms with van der Waals surface area (Å²) < 4.78 is 5.45. The Morgan fingerprint density at radius 3 is 2.43 bits per heavy atom. The minimum Gasteiger partial charge on any atom is -0.496 e.